The van der Waals surface area contributed by atoms with Gasteiger partial charge in [-0.1, -0.05) is 61.5 Å². The lowest BCUT2D eigenvalue weighted by Gasteiger charge is -2.45. The normalized spacial score (nSPS) is 21.7. The number of nitrogens with one attached hydrogen (secondary N) is 2. The third-order valence-corrected chi connectivity index (χ3v) is 6.47. The van der Waals surface area contributed by atoms with Crippen LogP contribution in [0.15, 0.2) is 54.9 Å². The van der Waals surface area contributed by atoms with Gasteiger partial charge in [0.25, 0.3) is 0 Å². The summed E-state index contributed by atoms with van der Waals surface area (Å²) < 4.78 is 0. The summed E-state index contributed by atoms with van der Waals surface area (Å²) in [6, 6.07) is 14.0. The lowest BCUT2D eigenvalue weighted by atomic mass is 9.61. The molecule has 1 fully saturated rings. The molecule has 1 heterocycles. The van der Waals surface area contributed by atoms with Crippen molar-refractivity contribution < 1.29 is 4.79 Å². The Morgan fingerprint density at radius 3 is 2.75 bits per heavy atom. The number of amides is 1. The summed E-state index contributed by atoms with van der Waals surface area (Å²) in [5, 5.41) is 6.36. The van der Waals surface area contributed by atoms with Crippen LogP contribution in [0.3, 0.4) is 0 Å². The number of benzene rings is 1. The van der Waals surface area contributed by atoms with Gasteiger partial charge < -0.3 is 10.6 Å². The van der Waals surface area contributed by atoms with E-state index in [2.05, 4.69) is 21.7 Å². The first kappa shape index (κ1) is 20.5. The zero-order valence-electron chi connectivity index (χ0n) is 16.5. The molecule has 28 heavy (non-hydrogen) atoms. The fourth-order valence-electron chi connectivity index (χ4n) is 4.53. The van der Waals surface area contributed by atoms with Crippen molar-refractivity contribution in [3.8, 4) is 0 Å². The first-order chi connectivity index (χ1) is 13.7. The molecule has 0 radical (unpaired) electrons. The van der Waals surface area contributed by atoms with Crippen LogP contribution in [0.5, 0.6) is 0 Å². The maximum Gasteiger partial charge on any atom is 0.224 e. The van der Waals surface area contributed by atoms with Gasteiger partial charge in [-0.3, -0.25) is 9.78 Å². The number of likely N-dealkylation sites (N-methyl/N-ethyl adjacent to an activating group) is 1. The number of thiocarbonyl (C=S) groups is 1. The molecule has 148 valence electrons. The number of pyridine rings is 1. The number of rotatable bonds is 7. The van der Waals surface area contributed by atoms with E-state index in [-0.39, 0.29) is 11.3 Å². The van der Waals surface area contributed by atoms with E-state index in [1.165, 1.54) is 12.0 Å². The van der Waals surface area contributed by atoms with Crippen LogP contribution in [0, 0.1) is 5.92 Å². The Balaban J connectivity index is 1.68. The largest absolute Gasteiger partial charge is 0.382 e. The summed E-state index contributed by atoms with van der Waals surface area (Å²) in [5.41, 5.74) is 2.04. The van der Waals surface area contributed by atoms with Crippen LogP contribution in [-0.2, 0) is 16.6 Å². The molecule has 0 spiro atoms. The first-order valence-electron chi connectivity index (χ1n) is 10.1. The maximum absolute atomic E-state index is 12.3. The number of carbonyl (C=O) groups excluding carboxylic acids is 1. The third-order valence-electron chi connectivity index (χ3n) is 5.90. The molecule has 1 aromatic carbocycles. The molecular weight excluding hydrogens is 366 g/mol. The molecule has 2 N–H and O–H groups in total. The van der Waals surface area contributed by atoms with Crippen LogP contribution in [0.2, 0.25) is 0 Å². The average molecular weight is 396 g/mol. The zero-order chi connectivity index (χ0) is 19.8. The molecule has 1 saturated carbocycles. The molecule has 1 aliphatic rings. The predicted octanol–water partition coefficient (Wildman–Crippen LogP) is 3.81. The van der Waals surface area contributed by atoms with Crippen molar-refractivity contribution >= 4 is 23.1 Å². The van der Waals surface area contributed by atoms with Crippen LogP contribution >= 0.6 is 12.2 Å². The zero-order valence-corrected chi connectivity index (χ0v) is 17.3. The average Bonchev–Trinajstić information content (AvgIpc) is 2.75. The van der Waals surface area contributed by atoms with Crippen LogP contribution in [0.25, 0.3) is 0 Å². The molecule has 0 bridgehead atoms. The summed E-state index contributed by atoms with van der Waals surface area (Å²) in [4.78, 5) is 17.6. The highest BCUT2D eigenvalue weighted by Crippen LogP contribution is 2.45. The first-order valence-corrected chi connectivity index (χ1v) is 10.5. The van der Waals surface area contributed by atoms with E-state index in [0.717, 1.165) is 36.2 Å². The second-order valence-corrected chi connectivity index (χ2v) is 7.94. The highest BCUT2D eigenvalue weighted by atomic mass is 32.1. The summed E-state index contributed by atoms with van der Waals surface area (Å²) in [6.45, 7) is 0.671. The van der Waals surface area contributed by atoms with E-state index in [0.29, 0.717) is 18.9 Å². The number of carbonyl (C=O) groups is 1. The van der Waals surface area contributed by atoms with Gasteiger partial charge in [-0.05, 0) is 42.4 Å². The van der Waals surface area contributed by atoms with Crippen molar-refractivity contribution in [2.24, 2.45) is 5.92 Å². The van der Waals surface area contributed by atoms with Gasteiger partial charge in [-0.25, -0.2) is 0 Å². The van der Waals surface area contributed by atoms with Crippen molar-refractivity contribution in [2.75, 3.05) is 13.6 Å². The van der Waals surface area contributed by atoms with E-state index >= 15 is 0 Å². The van der Waals surface area contributed by atoms with E-state index in [4.69, 9.17) is 12.2 Å². The van der Waals surface area contributed by atoms with Gasteiger partial charge in [0.05, 0.1) is 11.4 Å². The smallest absolute Gasteiger partial charge is 0.224 e. The lowest BCUT2D eigenvalue weighted by molar-refractivity contribution is -0.120. The SMILES string of the molecule is CNC(=S)[C@@]1(c2cccnc2)CCCC[C@@H]1CCNC(=O)Cc1ccccc1. The molecule has 2 aromatic rings. The van der Waals surface area contributed by atoms with E-state index < -0.39 is 0 Å². The quantitative estimate of drug-likeness (QED) is 0.700. The van der Waals surface area contributed by atoms with Crippen molar-refractivity contribution in [2.45, 2.75) is 43.9 Å². The van der Waals surface area contributed by atoms with Crippen LogP contribution in [0.4, 0.5) is 0 Å². The fraction of sp³-hybridized carbons (Fsp3) is 0.435. The topological polar surface area (TPSA) is 54.0 Å². The van der Waals surface area contributed by atoms with Gasteiger partial charge in [0.1, 0.15) is 0 Å². The molecule has 0 saturated heterocycles. The van der Waals surface area contributed by atoms with Crippen molar-refractivity contribution in [3.63, 3.8) is 0 Å². The maximum atomic E-state index is 12.3. The Bertz CT molecular complexity index is 781. The molecule has 0 aliphatic heterocycles. The number of hydrogen-bond donors (Lipinski definition) is 2. The number of aromatic nitrogens is 1. The minimum absolute atomic E-state index is 0.0742. The van der Waals surface area contributed by atoms with Crippen molar-refractivity contribution in [1.29, 1.82) is 0 Å². The summed E-state index contributed by atoms with van der Waals surface area (Å²) in [5.74, 6) is 0.465. The third kappa shape index (κ3) is 4.58. The highest BCUT2D eigenvalue weighted by Gasteiger charge is 2.45. The van der Waals surface area contributed by atoms with Gasteiger partial charge >= 0.3 is 0 Å². The van der Waals surface area contributed by atoms with Crippen LogP contribution < -0.4 is 10.6 Å². The molecule has 5 heteroatoms. The Kier molecular flexibility index (Phi) is 7.15. The van der Waals surface area contributed by atoms with Gasteiger partial charge in [0.15, 0.2) is 0 Å². The molecule has 1 amide bonds. The van der Waals surface area contributed by atoms with Crippen molar-refractivity contribution in [3.05, 3.63) is 66.0 Å². The molecule has 0 unspecified atom stereocenters. The summed E-state index contributed by atoms with van der Waals surface area (Å²) >= 11 is 5.81. The molecule has 3 rings (SSSR count). The number of nitrogens with zero attached hydrogens (tertiary/aromatic N) is 1. The minimum Gasteiger partial charge on any atom is -0.382 e. The second-order valence-electron chi connectivity index (χ2n) is 7.54. The molecule has 2 atom stereocenters. The van der Waals surface area contributed by atoms with E-state index in [1.54, 1.807) is 6.20 Å². The van der Waals surface area contributed by atoms with Gasteiger partial charge in [0, 0.05) is 31.4 Å². The second kappa shape index (κ2) is 9.78. The molecule has 4 nitrogen and oxygen atoms in total. The monoisotopic (exact) mass is 395 g/mol. The molecular formula is C23H29N3OS. The Morgan fingerprint density at radius 1 is 1.21 bits per heavy atom. The van der Waals surface area contributed by atoms with E-state index in [9.17, 15) is 4.79 Å². The van der Waals surface area contributed by atoms with Gasteiger partial charge in [-0.15, -0.1) is 0 Å². The Morgan fingerprint density at radius 2 is 2.04 bits per heavy atom. The minimum atomic E-state index is -0.194. The predicted molar refractivity (Wildman–Crippen MR) is 117 cm³/mol. The highest BCUT2D eigenvalue weighted by molar-refractivity contribution is 7.80. The summed E-state index contributed by atoms with van der Waals surface area (Å²) in [6.07, 6.45) is 9.61. The van der Waals surface area contributed by atoms with Crippen LogP contribution in [-0.4, -0.2) is 29.5 Å². The van der Waals surface area contributed by atoms with E-state index in [1.807, 2.05) is 49.6 Å². The summed E-state index contributed by atoms with van der Waals surface area (Å²) in [7, 11) is 1.91. The Hall–Kier alpha value is -2.27. The van der Waals surface area contributed by atoms with Crippen LogP contribution in [0.1, 0.15) is 43.2 Å². The number of hydrogen-bond acceptors (Lipinski definition) is 3. The van der Waals surface area contributed by atoms with Crippen molar-refractivity contribution in [1.82, 2.24) is 15.6 Å². The standard InChI is InChI=1S/C23H29N3OS/c1-24-22(28)23(20-11-7-14-25-17-20)13-6-5-10-19(23)12-15-26-21(27)16-18-8-3-2-4-9-18/h2-4,7-9,11,14,17,19H,5-6,10,12-13,15-16H2,1H3,(H,24,28)(H,26,27)/t19-,23+/m1/s1. The Labute approximate surface area is 173 Å². The molecule has 1 aromatic heterocycles. The van der Waals surface area contributed by atoms with Gasteiger partial charge in [-0.2, -0.15) is 0 Å². The molecule has 1 aliphatic carbocycles. The lowest BCUT2D eigenvalue weighted by Crippen LogP contribution is -2.50. The van der Waals surface area contributed by atoms with Gasteiger partial charge in [0.2, 0.25) is 5.91 Å². The fourth-order valence-corrected chi connectivity index (χ4v) is 4.91.